The van der Waals surface area contributed by atoms with Crippen LogP contribution in [0.15, 0.2) is 42.5 Å². The lowest BCUT2D eigenvalue weighted by Crippen LogP contribution is -2.41. The molecule has 0 aliphatic carbocycles. The summed E-state index contributed by atoms with van der Waals surface area (Å²) in [5.41, 5.74) is 4.18. The van der Waals surface area contributed by atoms with E-state index < -0.39 is 0 Å². The molecule has 0 spiro atoms. The Hall–Kier alpha value is -3.19. The van der Waals surface area contributed by atoms with Crippen LogP contribution in [0.25, 0.3) is 0 Å². The van der Waals surface area contributed by atoms with Crippen molar-refractivity contribution >= 4 is 29.2 Å². The summed E-state index contributed by atoms with van der Waals surface area (Å²) in [5.74, 6) is -0.517. The molecule has 3 rings (SSSR count). The highest BCUT2D eigenvalue weighted by Crippen LogP contribution is 2.20. The highest BCUT2D eigenvalue weighted by Gasteiger charge is 2.26. The number of nitrogens with one attached hydrogen (secondary N) is 2. The number of hydrogen-bond acceptors (Lipinski definition) is 5. The predicted molar refractivity (Wildman–Crippen MR) is 134 cm³/mol. The van der Waals surface area contributed by atoms with E-state index >= 15 is 0 Å². The van der Waals surface area contributed by atoms with Crippen LogP contribution in [-0.4, -0.2) is 48.9 Å². The molecule has 1 heterocycles. The Morgan fingerprint density at radius 2 is 1.59 bits per heavy atom. The van der Waals surface area contributed by atoms with Crippen LogP contribution >= 0.6 is 0 Å². The van der Waals surface area contributed by atoms with Gasteiger partial charge in [-0.1, -0.05) is 19.4 Å². The third kappa shape index (κ3) is 7.70. The number of rotatable bonds is 9. The molecule has 0 saturated carbocycles. The standard InChI is InChI=1S/C27H35N3O4/c1-4-5-14-34-27(33)22-6-8-23(9-7-22)29-26(32)21-10-12-30(13-11-21)18-25(31)28-24-16-19(2)15-20(3)17-24/h6-9,15-17,21H,4-5,10-14,18H2,1-3H3,(H,28,31)(H,29,32). The molecule has 2 aromatic rings. The first kappa shape index (κ1) is 25.4. The predicted octanol–water partition coefficient (Wildman–Crippen LogP) is 4.55. The molecule has 7 nitrogen and oxygen atoms in total. The number of carbonyl (C=O) groups excluding carboxylic acids is 3. The fraction of sp³-hybridized carbons (Fsp3) is 0.444. The van der Waals surface area contributed by atoms with Gasteiger partial charge < -0.3 is 15.4 Å². The number of likely N-dealkylation sites (tertiary alicyclic amines) is 1. The number of ether oxygens (including phenoxy) is 1. The number of unbranched alkanes of at least 4 members (excludes halogenated alkanes) is 1. The van der Waals surface area contributed by atoms with E-state index in [-0.39, 0.29) is 23.7 Å². The van der Waals surface area contributed by atoms with E-state index in [0.29, 0.717) is 50.3 Å². The fourth-order valence-electron chi connectivity index (χ4n) is 4.13. The zero-order chi connectivity index (χ0) is 24.5. The Morgan fingerprint density at radius 3 is 2.21 bits per heavy atom. The van der Waals surface area contributed by atoms with Gasteiger partial charge in [0, 0.05) is 17.3 Å². The summed E-state index contributed by atoms with van der Waals surface area (Å²) in [4.78, 5) is 39.2. The first-order chi connectivity index (χ1) is 16.3. The molecular formula is C27H35N3O4. The van der Waals surface area contributed by atoms with E-state index in [1.807, 2.05) is 32.9 Å². The van der Waals surface area contributed by atoms with Crippen molar-refractivity contribution < 1.29 is 19.1 Å². The van der Waals surface area contributed by atoms with Crippen molar-refractivity contribution in [2.75, 3.05) is 36.9 Å². The van der Waals surface area contributed by atoms with Gasteiger partial charge in [0.1, 0.15) is 0 Å². The van der Waals surface area contributed by atoms with E-state index in [1.165, 1.54) is 0 Å². The van der Waals surface area contributed by atoms with E-state index in [1.54, 1.807) is 24.3 Å². The molecule has 0 atom stereocenters. The van der Waals surface area contributed by atoms with E-state index in [9.17, 15) is 14.4 Å². The number of piperidine rings is 1. The first-order valence-electron chi connectivity index (χ1n) is 12.0. The molecule has 2 amide bonds. The van der Waals surface area contributed by atoms with Gasteiger partial charge in [0.05, 0.1) is 18.7 Å². The van der Waals surface area contributed by atoms with Crippen LogP contribution in [0, 0.1) is 19.8 Å². The Balaban J connectivity index is 1.42. The Bertz CT molecular complexity index is 975. The van der Waals surface area contributed by atoms with Crippen LogP contribution in [0.1, 0.15) is 54.1 Å². The summed E-state index contributed by atoms with van der Waals surface area (Å²) in [5, 5.41) is 5.91. The SMILES string of the molecule is CCCCOC(=O)c1ccc(NC(=O)C2CCN(CC(=O)Nc3cc(C)cc(C)c3)CC2)cc1. The van der Waals surface area contributed by atoms with Gasteiger partial charge >= 0.3 is 5.97 Å². The summed E-state index contributed by atoms with van der Waals surface area (Å²) >= 11 is 0. The van der Waals surface area contributed by atoms with Gasteiger partial charge in [-0.15, -0.1) is 0 Å². The van der Waals surface area contributed by atoms with E-state index in [0.717, 1.165) is 29.7 Å². The van der Waals surface area contributed by atoms with Crippen molar-refractivity contribution in [3.63, 3.8) is 0 Å². The lowest BCUT2D eigenvalue weighted by Gasteiger charge is -2.30. The zero-order valence-electron chi connectivity index (χ0n) is 20.4. The second kappa shape index (κ2) is 12.3. The van der Waals surface area contributed by atoms with Gasteiger partial charge in [0.15, 0.2) is 0 Å². The van der Waals surface area contributed by atoms with E-state index in [2.05, 4.69) is 21.6 Å². The quantitative estimate of drug-likeness (QED) is 0.419. The van der Waals surface area contributed by atoms with Crippen molar-refractivity contribution in [2.24, 2.45) is 5.92 Å². The molecule has 1 fully saturated rings. The van der Waals surface area contributed by atoms with Crippen LogP contribution in [0.5, 0.6) is 0 Å². The number of benzene rings is 2. The highest BCUT2D eigenvalue weighted by atomic mass is 16.5. The minimum atomic E-state index is -0.347. The van der Waals surface area contributed by atoms with Gasteiger partial charge in [-0.3, -0.25) is 14.5 Å². The maximum absolute atomic E-state index is 12.7. The average Bonchev–Trinajstić information content (AvgIpc) is 2.79. The number of carbonyl (C=O) groups is 3. The van der Waals surface area contributed by atoms with Gasteiger partial charge in [0.25, 0.3) is 0 Å². The van der Waals surface area contributed by atoms with Crippen LogP contribution < -0.4 is 10.6 Å². The monoisotopic (exact) mass is 465 g/mol. The molecule has 2 aromatic carbocycles. The van der Waals surface area contributed by atoms with Crippen LogP contribution in [0.2, 0.25) is 0 Å². The number of aryl methyl sites for hydroxylation is 2. The third-order valence-electron chi connectivity index (χ3n) is 5.95. The molecule has 0 bridgehead atoms. The number of anilines is 2. The lowest BCUT2D eigenvalue weighted by atomic mass is 9.95. The maximum Gasteiger partial charge on any atom is 0.338 e. The van der Waals surface area contributed by atoms with Crippen molar-refractivity contribution in [1.29, 1.82) is 0 Å². The van der Waals surface area contributed by atoms with Crippen molar-refractivity contribution in [2.45, 2.75) is 46.5 Å². The second-order valence-electron chi connectivity index (χ2n) is 9.03. The maximum atomic E-state index is 12.7. The molecule has 0 aromatic heterocycles. The average molecular weight is 466 g/mol. The van der Waals surface area contributed by atoms with Crippen LogP contribution in [0.4, 0.5) is 11.4 Å². The van der Waals surface area contributed by atoms with E-state index in [4.69, 9.17) is 4.74 Å². The summed E-state index contributed by atoms with van der Waals surface area (Å²) in [6, 6.07) is 12.8. The third-order valence-corrected chi connectivity index (χ3v) is 5.95. The largest absolute Gasteiger partial charge is 0.462 e. The molecular weight excluding hydrogens is 430 g/mol. The molecule has 2 N–H and O–H groups in total. The van der Waals surface area contributed by atoms with Gasteiger partial charge in [-0.2, -0.15) is 0 Å². The Kier molecular flexibility index (Phi) is 9.22. The Labute approximate surface area is 201 Å². The van der Waals surface area contributed by atoms with Crippen LogP contribution in [0.3, 0.4) is 0 Å². The fourth-order valence-corrected chi connectivity index (χ4v) is 4.13. The van der Waals surface area contributed by atoms with Crippen molar-refractivity contribution in [3.8, 4) is 0 Å². The summed E-state index contributed by atoms with van der Waals surface area (Å²) < 4.78 is 5.21. The number of hydrogen-bond donors (Lipinski definition) is 2. The number of esters is 1. The number of amides is 2. The smallest absolute Gasteiger partial charge is 0.338 e. The highest BCUT2D eigenvalue weighted by molar-refractivity contribution is 5.94. The van der Waals surface area contributed by atoms with Crippen molar-refractivity contribution in [3.05, 3.63) is 59.2 Å². The number of nitrogens with zero attached hydrogens (tertiary/aromatic N) is 1. The van der Waals surface area contributed by atoms with Crippen LogP contribution in [-0.2, 0) is 14.3 Å². The Morgan fingerprint density at radius 1 is 0.941 bits per heavy atom. The lowest BCUT2D eigenvalue weighted by molar-refractivity contribution is -0.121. The minimum absolute atomic E-state index is 0.0300. The molecule has 1 saturated heterocycles. The summed E-state index contributed by atoms with van der Waals surface area (Å²) in [6.45, 7) is 8.18. The zero-order valence-corrected chi connectivity index (χ0v) is 20.4. The molecule has 0 unspecified atom stereocenters. The summed E-state index contributed by atoms with van der Waals surface area (Å²) in [6.07, 6.45) is 3.21. The first-order valence-corrected chi connectivity index (χ1v) is 12.0. The molecule has 1 aliphatic heterocycles. The van der Waals surface area contributed by atoms with Gasteiger partial charge in [0.2, 0.25) is 11.8 Å². The molecule has 34 heavy (non-hydrogen) atoms. The summed E-state index contributed by atoms with van der Waals surface area (Å²) in [7, 11) is 0. The second-order valence-corrected chi connectivity index (χ2v) is 9.03. The minimum Gasteiger partial charge on any atom is -0.462 e. The van der Waals surface area contributed by atoms with Gasteiger partial charge in [-0.05, 0) is 93.7 Å². The topological polar surface area (TPSA) is 87.7 Å². The van der Waals surface area contributed by atoms with Crippen molar-refractivity contribution in [1.82, 2.24) is 4.90 Å². The molecule has 1 aliphatic rings. The molecule has 7 heteroatoms. The normalized spacial score (nSPS) is 14.4. The molecule has 0 radical (unpaired) electrons. The van der Waals surface area contributed by atoms with Gasteiger partial charge in [-0.25, -0.2) is 4.79 Å². The molecule has 182 valence electrons.